The fourth-order valence-electron chi connectivity index (χ4n) is 2.67. The summed E-state index contributed by atoms with van der Waals surface area (Å²) in [7, 11) is 0. The van der Waals surface area contributed by atoms with Crippen molar-refractivity contribution in [2.24, 2.45) is 0 Å². The van der Waals surface area contributed by atoms with Crippen LogP contribution in [0.25, 0.3) is 5.78 Å². The summed E-state index contributed by atoms with van der Waals surface area (Å²) in [4.78, 5) is 24.5. The molecule has 1 amide bonds. The molecule has 0 bridgehead atoms. The van der Waals surface area contributed by atoms with Crippen LogP contribution in [0.2, 0.25) is 0 Å². The second-order valence-electron chi connectivity index (χ2n) is 5.40. The van der Waals surface area contributed by atoms with Crippen LogP contribution in [0.5, 0.6) is 0 Å². The largest absolute Gasteiger partial charge is 0.337 e. The molecule has 0 fully saturated rings. The monoisotopic (exact) mass is 345 g/mol. The smallest absolute Gasteiger partial charge is 0.253 e. The summed E-state index contributed by atoms with van der Waals surface area (Å²) in [5, 5.41) is 6.81. The number of carbonyl (C=O) groups is 1. The number of amides is 1. The first kappa shape index (κ1) is 14.6. The van der Waals surface area contributed by atoms with Gasteiger partial charge in [-0.05, 0) is 36.4 Å². The van der Waals surface area contributed by atoms with Gasteiger partial charge in [-0.1, -0.05) is 11.8 Å². The first-order chi connectivity index (χ1) is 11.2. The van der Waals surface area contributed by atoms with E-state index in [1.807, 2.05) is 11.8 Å². The van der Waals surface area contributed by atoms with Gasteiger partial charge in [0.1, 0.15) is 0 Å². The van der Waals surface area contributed by atoms with Gasteiger partial charge >= 0.3 is 0 Å². The van der Waals surface area contributed by atoms with E-state index >= 15 is 0 Å². The van der Waals surface area contributed by atoms with Crippen LogP contribution < -0.4 is 0 Å². The highest BCUT2D eigenvalue weighted by atomic mass is 32.2. The van der Waals surface area contributed by atoms with Gasteiger partial charge in [0, 0.05) is 30.4 Å². The molecule has 1 atom stereocenters. The lowest BCUT2D eigenvalue weighted by atomic mass is 10.1. The molecule has 0 N–H and O–H groups in total. The molecule has 23 heavy (non-hydrogen) atoms. The highest BCUT2D eigenvalue weighted by molar-refractivity contribution is 8.00. The maximum absolute atomic E-state index is 12.7. The molecule has 1 aliphatic heterocycles. The molecule has 3 aromatic heterocycles. The predicted octanol–water partition coefficient (Wildman–Crippen LogP) is 2.25. The van der Waals surface area contributed by atoms with E-state index in [1.165, 1.54) is 22.2 Å². The number of thiophene rings is 1. The van der Waals surface area contributed by atoms with Crippen LogP contribution in [0.15, 0.2) is 35.1 Å². The first-order valence-corrected chi connectivity index (χ1v) is 9.15. The Balaban J connectivity index is 1.46. The zero-order chi connectivity index (χ0) is 15.8. The van der Waals surface area contributed by atoms with Crippen molar-refractivity contribution in [2.45, 2.75) is 30.3 Å². The Kier molecular flexibility index (Phi) is 3.78. The van der Waals surface area contributed by atoms with E-state index in [0.717, 1.165) is 13.0 Å². The van der Waals surface area contributed by atoms with Gasteiger partial charge in [0.15, 0.2) is 0 Å². The number of fused-ring (bicyclic) bond motifs is 2. The van der Waals surface area contributed by atoms with Crippen molar-refractivity contribution in [1.82, 2.24) is 24.5 Å². The van der Waals surface area contributed by atoms with Gasteiger partial charge in [0.2, 0.25) is 11.1 Å². The second kappa shape index (κ2) is 5.93. The van der Waals surface area contributed by atoms with Crippen LogP contribution in [-0.2, 0) is 17.8 Å². The zero-order valence-corrected chi connectivity index (χ0v) is 14.2. The van der Waals surface area contributed by atoms with Gasteiger partial charge in [-0.3, -0.25) is 4.79 Å². The van der Waals surface area contributed by atoms with Crippen molar-refractivity contribution >= 4 is 34.8 Å². The van der Waals surface area contributed by atoms with E-state index in [9.17, 15) is 4.79 Å². The van der Waals surface area contributed by atoms with Gasteiger partial charge in [0.25, 0.3) is 5.78 Å². The Labute approximate surface area is 141 Å². The van der Waals surface area contributed by atoms with E-state index in [4.69, 9.17) is 0 Å². The lowest BCUT2D eigenvalue weighted by Gasteiger charge is -2.28. The van der Waals surface area contributed by atoms with Crippen molar-refractivity contribution in [3.8, 4) is 0 Å². The molecule has 8 heteroatoms. The van der Waals surface area contributed by atoms with Gasteiger partial charge in [-0.2, -0.15) is 4.98 Å². The number of carbonyl (C=O) groups excluding carboxylic acids is 1. The standard InChI is InChI=1S/C15H15N5OS2/c1-10(23-15-17-14-16-5-2-6-20(14)18-15)13(21)19-7-3-12-11(9-19)4-8-22-12/h2,4-6,8,10H,3,7,9H2,1H3. The highest BCUT2D eigenvalue weighted by Gasteiger charge is 2.26. The number of rotatable bonds is 3. The quantitative estimate of drug-likeness (QED) is 0.681. The van der Waals surface area contributed by atoms with Crippen molar-refractivity contribution < 1.29 is 4.79 Å². The minimum absolute atomic E-state index is 0.138. The Morgan fingerprint density at radius 1 is 1.48 bits per heavy atom. The molecule has 0 radical (unpaired) electrons. The molecule has 0 aliphatic carbocycles. The second-order valence-corrected chi connectivity index (χ2v) is 7.71. The maximum atomic E-state index is 12.7. The minimum Gasteiger partial charge on any atom is -0.337 e. The van der Waals surface area contributed by atoms with Crippen LogP contribution >= 0.6 is 23.1 Å². The molecule has 6 nitrogen and oxygen atoms in total. The molecular formula is C15H15N5OS2. The van der Waals surface area contributed by atoms with Crippen LogP contribution in [0, 0.1) is 0 Å². The summed E-state index contributed by atoms with van der Waals surface area (Å²) in [5.74, 6) is 0.689. The number of hydrogen-bond acceptors (Lipinski definition) is 6. The summed E-state index contributed by atoms with van der Waals surface area (Å²) in [6, 6.07) is 3.92. The summed E-state index contributed by atoms with van der Waals surface area (Å²) in [6.45, 7) is 3.41. The third kappa shape index (κ3) is 2.84. The van der Waals surface area contributed by atoms with E-state index in [1.54, 1.807) is 34.3 Å². The average Bonchev–Trinajstić information content (AvgIpc) is 3.18. The van der Waals surface area contributed by atoms with Crippen molar-refractivity contribution in [3.63, 3.8) is 0 Å². The van der Waals surface area contributed by atoms with Crippen LogP contribution in [0.3, 0.4) is 0 Å². The van der Waals surface area contributed by atoms with Gasteiger partial charge in [-0.25, -0.2) is 9.50 Å². The van der Waals surface area contributed by atoms with Crippen LogP contribution in [-0.4, -0.2) is 42.2 Å². The summed E-state index contributed by atoms with van der Waals surface area (Å²) in [5.41, 5.74) is 1.28. The SMILES string of the molecule is CC(Sc1nc2ncccn2n1)C(=O)N1CCc2sccc2C1. The number of nitrogens with zero attached hydrogens (tertiary/aromatic N) is 5. The molecule has 4 rings (SSSR count). The van der Waals surface area contributed by atoms with Gasteiger partial charge in [0.05, 0.1) is 5.25 Å². The molecule has 3 aromatic rings. The fraction of sp³-hybridized carbons (Fsp3) is 0.333. The van der Waals surface area contributed by atoms with E-state index in [2.05, 4.69) is 26.5 Å². The molecule has 1 aliphatic rings. The minimum atomic E-state index is -0.215. The van der Waals surface area contributed by atoms with E-state index in [0.29, 0.717) is 17.5 Å². The molecule has 118 valence electrons. The first-order valence-electron chi connectivity index (χ1n) is 7.39. The summed E-state index contributed by atoms with van der Waals surface area (Å²) in [6.07, 6.45) is 4.43. The molecule has 0 saturated heterocycles. The van der Waals surface area contributed by atoms with Crippen molar-refractivity contribution in [1.29, 1.82) is 0 Å². The zero-order valence-electron chi connectivity index (χ0n) is 12.5. The van der Waals surface area contributed by atoms with Crippen LogP contribution in [0.1, 0.15) is 17.4 Å². The predicted molar refractivity (Wildman–Crippen MR) is 89.5 cm³/mol. The lowest BCUT2D eigenvalue weighted by molar-refractivity contribution is -0.131. The molecule has 1 unspecified atom stereocenters. The van der Waals surface area contributed by atoms with Gasteiger partial charge < -0.3 is 4.90 Å². The topological polar surface area (TPSA) is 63.4 Å². The highest BCUT2D eigenvalue weighted by Crippen LogP contribution is 2.27. The van der Waals surface area contributed by atoms with E-state index in [-0.39, 0.29) is 11.2 Å². The molecule has 0 saturated carbocycles. The third-order valence-corrected chi connectivity index (χ3v) is 5.81. The van der Waals surface area contributed by atoms with Crippen molar-refractivity contribution in [3.05, 3.63) is 40.3 Å². The third-order valence-electron chi connectivity index (χ3n) is 3.85. The normalized spacial score (nSPS) is 15.6. The van der Waals surface area contributed by atoms with Crippen molar-refractivity contribution in [2.75, 3.05) is 6.54 Å². The number of thioether (sulfide) groups is 1. The molecule has 0 spiro atoms. The number of aromatic nitrogens is 4. The lowest BCUT2D eigenvalue weighted by Crippen LogP contribution is -2.39. The molecule has 0 aromatic carbocycles. The maximum Gasteiger partial charge on any atom is 0.253 e. The molecular weight excluding hydrogens is 330 g/mol. The Hall–Kier alpha value is -1.93. The molecule has 4 heterocycles. The van der Waals surface area contributed by atoms with Crippen LogP contribution in [0.4, 0.5) is 0 Å². The Morgan fingerprint density at radius 2 is 2.39 bits per heavy atom. The number of hydrogen-bond donors (Lipinski definition) is 0. The summed E-state index contributed by atoms with van der Waals surface area (Å²) >= 11 is 3.16. The Bertz CT molecular complexity index is 825. The Morgan fingerprint density at radius 3 is 3.26 bits per heavy atom. The van der Waals surface area contributed by atoms with Gasteiger partial charge in [-0.15, -0.1) is 16.4 Å². The van der Waals surface area contributed by atoms with E-state index < -0.39 is 0 Å². The average molecular weight is 345 g/mol. The fourth-order valence-corrected chi connectivity index (χ4v) is 4.39. The summed E-state index contributed by atoms with van der Waals surface area (Å²) < 4.78 is 1.62.